The normalized spacial score (nSPS) is 11.6. The Kier molecular flexibility index (Phi) is 2.77. The highest BCUT2D eigenvalue weighted by molar-refractivity contribution is 5.28. The molecule has 0 aliphatic carbocycles. The number of nitrogens with zero attached hydrogens (tertiary/aromatic N) is 5. The number of anilines is 1. The number of hydrogen-bond donors (Lipinski definition) is 1. The smallest absolute Gasteiger partial charge is 0.404 e. The van der Waals surface area contributed by atoms with Crippen LogP contribution in [0.25, 0.3) is 0 Å². The summed E-state index contributed by atoms with van der Waals surface area (Å²) in [4.78, 5) is 10.3. The number of nitrogen functional groups attached to an aromatic ring is 1. The molecule has 96 valence electrons. The molecule has 0 fully saturated rings. The van der Waals surface area contributed by atoms with Crippen molar-refractivity contribution in [2.45, 2.75) is 6.18 Å². The first kappa shape index (κ1) is 12.1. The van der Waals surface area contributed by atoms with Gasteiger partial charge in [0.25, 0.3) is 0 Å². The minimum absolute atomic E-state index is 0.135. The third kappa shape index (κ3) is 2.64. The van der Waals surface area contributed by atoms with Gasteiger partial charge in [-0.1, -0.05) is 0 Å². The van der Waals surface area contributed by atoms with Crippen molar-refractivity contribution in [1.82, 2.24) is 24.7 Å². The molecule has 0 spiro atoms. The zero-order valence-corrected chi connectivity index (χ0v) is 9.01. The molecule has 0 amide bonds. The van der Waals surface area contributed by atoms with Crippen LogP contribution in [0.4, 0.5) is 19.1 Å². The molecule has 0 aliphatic rings. The van der Waals surface area contributed by atoms with Crippen LogP contribution in [0.3, 0.4) is 0 Å². The Hall–Kier alpha value is -2.39. The van der Waals surface area contributed by atoms with Crippen molar-refractivity contribution in [3.8, 4) is 11.9 Å². The number of ether oxygens (including phenoxy) is 1. The quantitative estimate of drug-likeness (QED) is 0.865. The molecule has 0 atom stereocenters. The summed E-state index contributed by atoms with van der Waals surface area (Å²) in [6, 6.07) is 0.482. The van der Waals surface area contributed by atoms with Crippen molar-refractivity contribution in [1.29, 1.82) is 0 Å². The van der Waals surface area contributed by atoms with E-state index in [0.29, 0.717) is 6.07 Å². The highest BCUT2D eigenvalue weighted by atomic mass is 19.4. The fourth-order valence-electron chi connectivity index (χ4n) is 1.10. The number of nitrogens with two attached hydrogens (primary N) is 1. The predicted molar refractivity (Wildman–Crippen MR) is 52.5 cm³/mol. The van der Waals surface area contributed by atoms with Gasteiger partial charge in [0.1, 0.15) is 6.33 Å². The average molecular weight is 260 g/mol. The van der Waals surface area contributed by atoms with Gasteiger partial charge in [-0.05, 0) is 0 Å². The molecule has 0 radical (unpaired) electrons. The topological polar surface area (TPSA) is 91.7 Å². The Morgan fingerprint density at radius 2 is 2.06 bits per heavy atom. The van der Waals surface area contributed by atoms with Gasteiger partial charge in [-0.25, -0.2) is 4.98 Å². The summed E-state index contributed by atoms with van der Waals surface area (Å²) in [6.07, 6.45) is -3.31. The summed E-state index contributed by atoms with van der Waals surface area (Å²) in [5.74, 6) is -0.920. The lowest BCUT2D eigenvalue weighted by molar-refractivity contribution is -0.141. The van der Waals surface area contributed by atoms with E-state index in [0.717, 1.165) is 0 Å². The van der Waals surface area contributed by atoms with Crippen LogP contribution < -0.4 is 10.5 Å². The predicted octanol–water partition coefficient (Wildman–Crippen LogP) is 0.998. The molecule has 0 saturated carbocycles. The highest BCUT2D eigenvalue weighted by Gasteiger charge is 2.34. The maximum Gasteiger partial charge on any atom is 0.433 e. The van der Waals surface area contributed by atoms with Crippen molar-refractivity contribution in [3.63, 3.8) is 0 Å². The Labute approximate surface area is 98.4 Å². The average Bonchev–Trinajstić information content (AvgIpc) is 2.61. The van der Waals surface area contributed by atoms with Crippen molar-refractivity contribution in [2.75, 3.05) is 5.73 Å². The monoisotopic (exact) mass is 260 g/mol. The van der Waals surface area contributed by atoms with Crippen LogP contribution in [-0.2, 0) is 13.2 Å². The van der Waals surface area contributed by atoms with E-state index in [-0.39, 0.29) is 11.9 Å². The maximum atomic E-state index is 12.5. The van der Waals surface area contributed by atoms with Crippen LogP contribution in [-0.4, -0.2) is 24.7 Å². The second-order valence-corrected chi connectivity index (χ2v) is 3.25. The largest absolute Gasteiger partial charge is 0.433 e. The molecule has 0 aliphatic heterocycles. The molecule has 10 heteroatoms. The molecule has 2 rings (SSSR count). The minimum atomic E-state index is -4.63. The number of aryl methyl sites for hydroxylation is 1. The molecule has 2 aromatic rings. The van der Waals surface area contributed by atoms with E-state index in [1.165, 1.54) is 11.0 Å². The van der Waals surface area contributed by atoms with Crippen LogP contribution in [0, 0.1) is 0 Å². The van der Waals surface area contributed by atoms with Crippen LogP contribution in [0.15, 0.2) is 12.4 Å². The van der Waals surface area contributed by atoms with Crippen LogP contribution in [0.1, 0.15) is 5.69 Å². The fraction of sp³-hybridized carbons (Fsp3) is 0.250. The third-order valence-electron chi connectivity index (χ3n) is 1.78. The third-order valence-corrected chi connectivity index (χ3v) is 1.78. The maximum absolute atomic E-state index is 12.5. The first-order valence-corrected chi connectivity index (χ1v) is 4.60. The molecule has 2 N–H and O–H groups in total. The zero-order valence-electron chi connectivity index (χ0n) is 9.01. The number of rotatable bonds is 2. The second-order valence-electron chi connectivity index (χ2n) is 3.25. The summed E-state index contributed by atoms with van der Waals surface area (Å²) in [7, 11) is 1.58. The van der Waals surface area contributed by atoms with Crippen molar-refractivity contribution >= 4 is 5.95 Å². The van der Waals surface area contributed by atoms with Gasteiger partial charge in [-0.2, -0.15) is 23.1 Å². The first-order valence-electron chi connectivity index (χ1n) is 4.60. The lowest BCUT2D eigenvalue weighted by Gasteiger charge is -2.07. The zero-order chi connectivity index (χ0) is 13.3. The number of halogens is 3. The van der Waals surface area contributed by atoms with Gasteiger partial charge < -0.3 is 10.5 Å². The summed E-state index contributed by atoms with van der Waals surface area (Å²) >= 11 is 0. The molecular weight excluding hydrogens is 253 g/mol. The molecule has 0 saturated heterocycles. The van der Waals surface area contributed by atoms with E-state index in [2.05, 4.69) is 20.1 Å². The minimum Gasteiger partial charge on any atom is -0.404 e. The number of aromatic nitrogens is 5. The van der Waals surface area contributed by atoms with Crippen molar-refractivity contribution in [3.05, 3.63) is 18.1 Å². The Balaban J connectivity index is 2.31. The van der Waals surface area contributed by atoms with Crippen LogP contribution in [0.5, 0.6) is 11.9 Å². The molecule has 0 aromatic carbocycles. The Morgan fingerprint density at radius 3 is 2.61 bits per heavy atom. The molecule has 2 aromatic heterocycles. The summed E-state index contributed by atoms with van der Waals surface area (Å²) in [6.45, 7) is 0. The second kappa shape index (κ2) is 4.13. The molecule has 18 heavy (non-hydrogen) atoms. The van der Waals surface area contributed by atoms with E-state index >= 15 is 0 Å². The fourth-order valence-corrected chi connectivity index (χ4v) is 1.10. The highest BCUT2D eigenvalue weighted by Crippen LogP contribution is 2.30. The van der Waals surface area contributed by atoms with Gasteiger partial charge in [-0.3, -0.25) is 4.68 Å². The number of alkyl halides is 3. The Morgan fingerprint density at radius 1 is 1.33 bits per heavy atom. The molecule has 0 unspecified atom stereocenters. The van der Waals surface area contributed by atoms with Crippen LogP contribution >= 0.6 is 0 Å². The van der Waals surface area contributed by atoms with Gasteiger partial charge in [0.15, 0.2) is 5.69 Å². The van der Waals surface area contributed by atoms with Crippen molar-refractivity contribution in [2.24, 2.45) is 7.05 Å². The van der Waals surface area contributed by atoms with E-state index in [1.807, 2.05) is 0 Å². The summed E-state index contributed by atoms with van der Waals surface area (Å²) in [5, 5.41) is 3.73. The van der Waals surface area contributed by atoms with Gasteiger partial charge in [0.2, 0.25) is 11.8 Å². The van der Waals surface area contributed by atoms with E-state index in [4.69, 9.17) is 10.5 Å². The molecule has 2 heterocycles. The van der Waals surface area contributed by atoms with Gasteiger partial charge in [0.05, 0.1) is 0 Å². The van der Waals surface area contributed by atoms with Gasteiger partial charge in [0, 0.05) is 13.1 Å². The number of hydrogen-bond acceptors (Lipinski definition) is 6. The SMILES string of the molecule is Cn1cnc(Oc2cc(C(F)(F)F)nc(N)n2)n1. The van der Waals surface area contributed by atoms with Gasteiger partial charge in [-0.15, -0.1) is 5.10 Å². The molecule has 0 bridgehead atoms. The standard InChI is InChI=1S/C8H7F3N6O/c1-17-3-13-7(16-17)18-5-2-4(8(9,10)11)14-6(12)15-5/h2-3H,1H3,(H2,12,14,15). The van der Waals surface area contributed by atoms with Crippen molar-refractivity contribution < 1.29 is 17.9 Å². The summed E-state index contributed by atoms with van der Waals surface area (Å²) < 4.78 is 43.6. The molecular formula is C8H7F3N6O. The summed E-state index contributed by atoms with van der Waals surface area (Å²) in [5.41, 5.74) is 3.97. The van der Waals surface area contributed by atoms with E-state index in [1.54, 1.807) is 7.05 Å². The van der Waals surface area contributed by atoms with E-state index < -0.39 is 17.8 Å². The lowest BCUT2D eigenvalue weighted by Crippen LogP contribution is -2.11. The van der Waals surface area contributed by atoms with Gasteiger partial charge >= 0.3 is 12.2 Å². The molecule has 7 nitrogen and oxygen atoms in total. The first-order chi connectivity index (χ1) is 8.34. The van der Waals surface area contributed by atoms with E-state index in [9.17, 15) is 13.2 Å². The Bertz CT molecular complexity index is 566. The van der Waals surface area contributed by atoms with Crippen LogP contribution in [0.2, 0.25) is 0 Å². The lowest BCUT2D eigenvalue weighted by atomic mass is 10.4.